The van der Waals surface area contributed by atoms with E-state index in [1.54, 1.807) is 0 Å². The third-order valence-corrected chi connectivity index (χ3v) is 7.77. The number of aromatic nitrogens is 4. The van der Waals surface area contributed by atoms with Gasteiger partial charge in [-0.05, 0) is 45.4 Å². The monoisotopic (exact) mass is 485 g/mol. The average molecular weight is 486 g/mol. The lowest BCUT2D eigenvalue weighted by Crippen LogP contribution is -2.30. The van der Waals surface area contributed by atoms with Crippen LogP contribution in [0.3, 0.4) is 0 Å². The molecule has 5 rings (SSSR count). The number of piperidine rings is 1. The molecular weight excluding hydrogens is 450 g/mol. The maximum atomic E-state index is 4.98. The maximum absolute atomic E-state index is 4.98. The van der Waals surface area contributed by atoms with Gasteiger partial charge in [-0.2, -0.15) is 5.10 Å². The molecule has 0 bridgehead atoms. The third kappa shape index (κ3) is 5.81. The number of benzene rings is 2. The van der Waals surface area contributed by atoms with Crippen LogP contribution in [0.5, 0.6) is 0 Å². The van der Waals surface area contributed by atoms with E-state index >= 15 is 0 Å². The van der Waals surface area contributed by atoms with Crippen LogP contribution in [0.25, 0.3) is 22.5 Å². The second-order valence-electron chi connectivity index (χ2n) is 9.36. The first-order valence-corrected chi connectivity index (χ1v) is 13.9. The minimum Gasteiger partial charge on any atom is -0.355 e. The first-order valence-electron chi connectivity index (χ1n) is 12.9. The Labute approximate surface area is 212 Å². The van der Waals surface area contributed by atoms with Crippen LogP contribution >= 0.6 is 11.8 Å². The lowest BCUT2D eigenvalue weighted by atomic mass is 10.1. The van der Waals surface area contributed by atoms with Crippen LogP contribution in [-0.4, -0.2) is 39.0 Å². The average Bonchev–Trinajstić information content (AvgIpc) is 3.51. The van der Waals surface area contributed by atoms with Gasteiger partial charge in [0.25, 0.3) is 0 Å². The molecule has 6 heteroatoms. The van der Waals surface area contributed by atoms with Gasteiger partial charge in [0.2, 0.25) is 0 Å². The molecule has 4 aromatic rings. The summed E-state index contributed by atoms with van der Waals surface area (Å²) >= 11 is 1.83. The number of H-pyrrole nitrogens is 2. The van der Waals surface area contributed by atoms with E-state index in [0.717, 1.165) is 47.4 Å². The molecule has 1 aliphatic rings. The van der Waals surface area contributed by atoms with Gasteiger partial charge in [0.05, 0.1) is 11.4 Å². The molecule has 0 atom stereocenters. The summed E-state index contributed by atoms with van der Waals surface area (Å²) in [5.41, 5.74) is 7.10. The normalized spacial score (nSPS) is 13.9. The number of unbranched alkanes of at least 4 members (excludes halogenated alkanes) is 2. The molecule has 0 saturated carbocycles. The predicted octanol–water partition coefficient (Wildman–Crippen LogP) is 7.27. The summed E-state index contributed by atoms with van der Waals surface area (Å²) in [6, 6.07) is 21.0. The number of rotatable bonds is 10. The molecule has 0 unspecified atom stereocenters. The molecular formula is C29H35N5S. The number of aryl methyl sites for hydroxylation is 1. The lowest BCUT2D eigenvalue weighted by molar-refractivity contribution is 0.571. The van der Waals surface area contributed by atoms with E-state index in [1.807, 2.05) is 11.8 Å². The Morgan fingerprint density at radius 1 is 0.857 bits per heavy atom. The summed E-state index contributed by atoms with van der Waals surface area (Å²) in [5.74, 6) is 2.27. The topological polar surface area (TPSA) is 60.6 Å². The van der Waals surface area contributed by atoms with Gasteiger partial charge in [-0.3, -0.25) is 5.10 Å². The highest BCUT2D eigenvalue weighted by molar-refractivity contribution is 7.99. The van der Waals surface area contributed by atoms with Crippen LogP contribution < -0.4 is 4.90 Å². The zero-order valence-electron chi connectivity index (χ0n) is 20.6. The Bertz CT molecular complexity index is 1140. The molecule has 1 fully saturated rings. The van der Waals surface area contributed by atoms with E-state index in [4.69, 9.17) is 4.98 Å². The number of hydrogen-bond donors (Lipinski definition) is 2. The Morgan fingerprint density at radius 3 is 2.31 bits per heavy atom. The molecule has 5 nitrogen and oxygen atoms in total. The highest BCUT2D eigenvalue weighted by Crippen LogP contribution is 2.33. The maximum Gasteiger partial charge on any atom is 0.166 e. The van der Waals surface area contributed by atoms with Gasteiger partial charge in [0.15, 0.2) is 11.0 Å². The van der Waals surface area contributed by atoms with E-state index in [9.17, 15) is 0 Å². The van der Waals surface area contributed by atoms with Crippen molar-refractivity contribution in [2.24, 2.45) is 0 Å². The molecule has 182 valence electrons. The lowest BCUT2D eigenvalue weighted by Gasteiger charge is -2.27. The van der Waals surface area contributed by atoms with Crippen molar-refractivity contribution in [3.05, 3.63) is 71.9 Å². The van der Waals surface area contributed by atoms with Crippen LogP contribution in [0.2, 0.25) is 0 Å². The number of nitrogens with one attached hydrogen (secondary N) is 2. The van der Waals surface area contributed by atoms with E-state index in [1.165, 1.54) is 61.2 Å². The molecule has 0 radical (unpaired) electrons. The second-order valence-corrected chi connectivity index (χ2v) is 10.4. The molecule has 0 amide bonds. The predicted molar refractivity (Wildman–Crippen MR) is 147 cm³/mol. The van der Waals surface area contributed by atoms with Gasteiger partial charge >= 0.3 is 0 Å². The van der Waals surface area contributed by atoms with Crippen molar-refractivity contribution in [3.63, 3.8) is 0 Å². The highest BCUT2D eigenvalue weighted by atomic mass is 32.2. The SMILES string of the molecule is Cc1[nH]nc(N2CCCCC2)c1CCCCCSc1nc(-c2ccccc2)c(-c2ccccc2)[nH]1. The van der Waals surface area contributed by atoms with Crippen molar-refractivity contribution in [2.75, 3.05) is 23.7 Å². The molecule has 35 heavy (non-hydrogen) atoms. The Morgan fingerprint density at radius 2 is 1.57 bits per heavy atom. The number of anilines is 1. The number of thioether (sulfide) groups is 1. The molecule has 1 saturated heterocycles. The van der Waals surface area contributed by atoms with Crippen molar-refractivity contribution in [1.82, 2.24) is 20.2 Å². The zero-order valence-corrected chi connectivity index (χ0v) is 21.4. The number of aromatic amines is 2. The fourth-order valence-corrected chi connectivity index (χ4v) is 5.77. The Hall–Kier alpha value is -2.99. The van der Waals surface area contributed by atoms with E-state index in [0.29, 0.717) is 0 Å². The van der Waals surface area contributed by atoms with Crippen molar-refractivity contribution in [2.45, 2.75) is 57.0 Å². The largest absolute Gasteiger partial charge is 0.355 e. The number of hydrogen-bond acceptors (Lipinski definition) is 4. The fourth-order valence-electron chi connectivity index (χ4n) is 4.89. The van der Waals surface area contributed by atoms with Gasteiger partial charge in [-0.25, -0.2) is 4.98 Å². The summed E-state index contributed by atoms with van der Waals surface area (Å²) in [4.78, 5) is 11.1. The summed E-state index contributed by atoms with van der Waals surface area (Å²) in [7, 11) is 0. The molecule has 2 aromatic carbocycles. The number of imidazole rings is 1. The van der Waals surface area contributed by atoms with Crippen molar-refractivity contribution < 1.29 is 0 Å². The zero-order chi connectivity index (χ0) is 23.9. The van der Waals surface area contributed by atoms with Crippen molar-refractivity contribution >= 4 is 17.6 Å². The number of nitrogens with zero attached hydrogens (tertiary/aromatic N) is 3. The van der Waals surface area contributed by atoms with Gasteiger partial charge in [0.1, 0.15) is 0 Å². The van der Waals surface area contributed by atoms with Crippen LogP contribution in [0, 0.1) is 6.92 Å². The molecule has 1 aliphatic heterocycles. The van der Waals surface area contributed by atoms with Crippen LogP contribution in [-0.2, 0) is 6.42 Å². The van der Waals surface area contributed by atoms with Gasteiger partial charge in [-0.15, -0.1) is 0 Å². The summed E-state index contributed by atoms with van der Waals surface area (Å²) in [6.45, 7) is 4.46. The Balaban J connectivity index is 1.16. The first kappa shape index (κ1) is 23.7. The second kappa shape index (κ2) is 11.6. The fraction of sp³-hybridized carbons (Fsp3) is 0.379. The smallest absolute Gasteiger partial charge is 0.166 e. The van der Waals surface area contributed by atoms with Gasteiger partial charge in [-0.1, -0.05) is 78.8 Å². The molecule has 3 heterocycles. The van der Waals surface area contributed by atoms with E-state index < -0.39 is 0 Å². The van der Waals surface area contributed by atoms with E-state index in [2.05, 4.69) is 87.7 Å². The standard InChI is InChI=1S/C29H35N5S/c1-22-25(28(33-32-22)34-19-11-5-12-20-34)18-10-4-13-21-35-29-30-26(23-14-6-2-7-15-23)27(31-29)24-16-8-3-9-17-24/h2-3,6-9,14-17H,4-5,10-13,18-21H2,1H3,(H,30,31)(H,32,33). The quantitative estimate of drug-likeness (QED) is 0.183. The Kier molecular flexibility index (Phi) is 7.89. The summed E-state index contributed by atoms with van der Waals surface area (Å²) in [5, 5.41) is 8.87. The van der Waals surface area contributed by atoms with E-state index in [-0.39, 0.29) is 0 Å². The first-order chi connectivity index (χ1) is 17.3. The van der Waals surface area contributed by atoms with Crippen LogP contribution in [0.4, 0.5) is 5.82 Å². The van der Waals surface area contributed by atoms with Crippen LogP contribution in [0.15, 0.2) is 65.8 Å². The van der Waals surface area contributed by atoms with Gasteiger partial charge < -0.3 is 9.88 Å². The highest BCUT2D eigenvalue weighted by Gasteiger charge is 2.19. The molecule has 0 spiro atoms. The molecule has 0 aliphatic carbocycles. The van der Waals surface area contributed by atoms with Gasteiger partial charge in [0, 0.05) is 41.2 Å². The minimum atomic E-state index is 1.00. The molecule has 2 aromatic heterocycles. The van der Waals surface area contributed by atoms with Crippen molar-refractivity contribution in [1.29, 1.82) is 0 Å². The summed E-state index contributed by atoms with van der Waals surface area (Å²) < 4.78 is 0. The summed E-state index contributed by atoms with van der Waals surface area (Å²) in [6.07, 6.45) is 8.63. The molecule has 2 N–H and O–H groups in total. The minimum absolute atomic E-state index is 1.00. The third-order valence-electron chi connectivity index (χ3n) is 6.81. The van der Waals surface area contributed by atoms with Crippen molar-refractivity contribution in [3.8, 4) is 22.5 Å². The van der Waals surface area contributed by atoms with Crippen LogP contribution in [0.1, 0.15) is 49.8 Å².